The topological polar surface area (TPSA) is 49.4 Å². The highest BCUT2D eigenvalue weighted by atomic mass is 35.5. The van der Waals surface area contributed by atoms with Gasteiger partial charge in [0.05, 0.1) is 23.7 Å². The largest absolute Gasteiger partial charge is 0.336 e. The van der Waals surface area contributed by atoms with Gasteiger partial charge in [0.2, 0.25) is 11.8 Å². The minimum atomic E-state index is -0.264. The number of aryl methyl sites for hydroxylation is 2. The molecule has 0 saturated heterocycles. The first-order valence-electron chi connectivity index (χ1n) is 8.92. The maximum atomic E-state index is 12.5. The number of carbonyl (C=O) groups is 2. The van der Waals surface area contributed by atoms with Crippen LogP contribution in [0.5, 0.6) is 0 Å². The molecule has 3 rings (SSSR count). The lowest BCUT2D eigenvalue weighted by Crippen LogP contribution is -2.35. The number of rotatable bonds is 5. The Morgan fingerprint density at radius 3 is 2.58 bits per heavy atom. The van der Waals surface area contributed by atoms with E-state index in [4.69, 9.17) is 11.6 Å². The van der Waals surface area contributed by atoms with Crippen molar-refractivity contribution >= 4 is 29.1 Å². The van der Waals surface area contributed by atoms with Crippen LogP contribution in [0.1, 0.15) is 29.5 Å². The van der Waals surface area contributed by atoms with Gasteiger partial charge < -0.3 is 10.2 Å². The molecule has 0 heterocycles. The van der Waals surface area contributed by atoms with Gasteiger partial charge in [0, 0.05) is 7.05 Å². The number of likely N-dealkylation sites (N-methyl/N-ethyl adjacent to an activating group) is 1. The van der Waals surface area contributed by atoms with Crippen molar-refractivity contribution in [2.24, 2.45) is 0 Å². The third-order valence-corrected chi connectivity index (χ3v) is 5.05. The quantitative estimate of drug-likeness (QED) is 0.868. The van der Waals surface area contributed by atoms with E-state index in [1.165, 1.54) is 28.9 Å². The molecule has 0 radical (unpaired) electrons. The first kappa shape index (κ1) is 18.5. The molecule has 4 nitrogen and oxygen atoms in total. The second-order valence-electron chi connectivity index (χ2n) is 6.76. The Kier molecular flexibility index (Phi) is 5.94. The van der Waals surface area contributed by atoms with Gasteiger partial charge in [0.25, 0.3) is 0 Å². The van der Waals surface area contributed by atoms with Crippen LogP contribution < -0.4 is 5.32 Å². The van der Waals surface area contributed by atoms with Crippen LogP contribution in [0.3, 0.4) is 0 Å². The average molecular weight is 371 g/mol. The molecule has 5 heteroatoms. The summed E-state index contributed by atoms with van der Waals surface area (Å²) in [5.74, 6) is -0.338. The number of amides is 2. The highest BCUT2D eigenvalue weighted by molar-refractivity contribution is 6.33. The number of fused-ring (bicyclic) bond motifs is 1. The third kappa shape index (κ3) is 4.64. The summed E-state index contributed by atoms with van der Waals surface area (Å²) in [6.45, 7) is -0.00496. The molecule has 0 spiro atoms. The van der Waals surface area contributed by atoms with Crippen LogP contribution in [0.4, 0.5) is 5.69 Å². The zero-order valence-electron chi connectivity index (χ0n) is 14.9. The average Bonchev–Trinajstić information content (AvgIpc) is 2.63. The van der Waals surface area contributed by atoms with Gasteiger partial charge in [-0.2, -0.15) is 0 Å². The molecule has 0 bridgehead atoms. The molecule has 2 amide bonds. The maximum absolute atomic E-state index is 12.5. The summed E-state index contributed by atoms with van der Waals surface area (Å²) >= 11 is 6.04. The fourth-order valence-electron chi connectivity index (χ4n) is 3.26. The Balaban J connectivity index is 1.56. The van der Waals surface area contributed by atoms with Crippen molar-refractivity contribution < 1.29 is 9.59 Å². The van der Waals surface area contributed by atoms with Gasteiger partial charge in [0.15, 0.2) is 0 Å². The standard InChI is InChI=1S/C21H23ClN2O2/c1-24(14-20(25)23-19-9-5-4-8-18(19)22)21(26)13-15-10-11-16-6-2-3-7-17(16)12-15/h4-5,8-12H,2-3,6-7,13-14H2,1H3,(H,23,25). The molecule has 0 aromatic heterocycles. The Labute approximate surface area is 159 Å². The van der Waals surface area contributed by atoms with Gasteiger partial charge in [-0.15, -0.1) is 0 Å². The summed E-state index contributed by atoms with van der Waals surface area (Å²) in [5, 5.41) is 3.21. The smallest absolute Gasteiger partial charge is 0.244 e. The summed E-state index contributed by atoms with van der Waals surface area (Å²) in [4.78, 5) is 26.1. The van der Waals surface area contributed by atoms with Crippen LogP contribution in [0.15, 0.2) is 42.5 Å². The van der Waals surface area contributed by atoms with Crippen molar-refractivity contribution in [3.8, 4) is 0 Å². The van der Waals surface area contributed by atoms with Crippen molar-refractivity contribution in [1.82, 2.24) is 4.90 Å². The van der Waals surface area contributed by atoms with Gasteiger partial charge in [0.1, 0.15) is 0 Å². The van der Waals surface area contributed by atoms with E-state index in [2.05, 4.69) is 17.4 Å². The van der Waals surface area contributed by atoms with Gasteiger partial charge in [-0.05, 0) is 54.5 Å². The van der Waals surface area contributed by atoms with E-state index in [9.17, 15) is 9.59 Å². The highest BCUT2D eigenvalue weighted by Gasteiger charge is 2.16. The van der Waals surface area contributed by atoms with E-state index in [0.29, 0.717) is 17.1 Å². The summed E-state index contributed by atoms with van der Waals surface area (Å²) < 4.78 is 0. The number of nitrogens with one attached hydrogen (secondary N) is 1. The first-order chi connectivity index (χ1) is 12.5. The van der Waals surface area contributed by atoms with E-state index in [-0.39, 0.29) is 18.4 Å². The first-order valence-corrected chi connectivity index (χ1v) is 9.30. The zero-order valence-corrected chi connectivity index (χ0v) is 15.7. The fraction of sp³-hybridized carbons (Fsp3) is 0.333. The second-order valence-corrected chi connectivity index (χ2v) is 7.17. The molecular weight excluding hydrogens is 348 g/mol. The SMILES string of the molecule is CN(CC(=O)Nc1ccccc1Cl)C(=O)Cc1ccc2c(c1)CCCC2. The lowest BCUT2D eigenvalue weighted by Gasteiger charge is -2.19. The molecule has 1 aliphatic rings. The summed E-state index contributed by atoms with van der Waals surface area (Å²) in [6.07, 6.45) is 4.99. The predicted octanol–water partition coefficient (Wildman–Crippen LogP) is 3.86. The number of hydrogen-bond acceptors (Lipinski definition) is 2. The highest BCUT2D eigenvalue weighted by Crippen LogP contribution is 2.23. The number of nitrogens with zero attached hydrogens (tertiary/aromatic N) is 1. The number of para-hydroxylation sites is 1. The van der Waals surface area contributed by atoms with Crippen molar-refractivity contribution in [2.45, 2.75) is 32.1 Å². The molecule has 0 unspecified atom stereocenters. The number of carbonyl (C=O) groups excluding carboxylic acids is 2. The van der Waals surface area contributed by atoms with Crippen molar-refractivity contribution in [1.29, 1.82) is 0 Å². The molecule has 2 aromatic carbocycles. The molecule has 0 atom stereocenters. The Morgan fingerprint density at radius 2 is 1.81 bits per heavy atom. The summed E-state index contributed by atoms with van der Waals surface area (Å²) in [6, 6.07) is 13.3. The summed E-state index contributed by atoms with van der Waals surface area (Å²) in [5.41, 5.74) is 4.32. The van der Waals surface area contributed by atoms with E-state index in [1.807, 2.05) is 6.07 Å². The second kappa shape index (κ2) is 8.37. The monoisotopic (exact) mass is 370 g/mol. The molecule has 2 aromatic rings. The van der Waals surface area contributed by atoms with E-state index in [1.54, 1.807) is 31.3 Å². The van der Waals surface area contributed by atoms with Crippen LogP contribution in [0, 0.1) is 0 Å². The van der Waals surface area contributed by atoms with Gasteiger partial charge in [-0.3, -0.25) is 9.59 Å². The van der Waals surface area contributed by atoms with E-state index in [0.717, 1.165) is 18.4 Å². The van der Waals surface area contributed by atoms with Gasteiger partial charge in [-0.25, -0.2) is 0 Å². The minimum absolute atomic E-state index is 0.00496. The van der Waals surface area contributed by atoms with Crippen molar-refractivity contribution in [3.05, 3.63) is 64.2 Å². The number of benzene rings is 2. The van der Waals surface area contributed by atoms with Gasteiger partial charge in [-0.1, -0.05) is 41.9 Å². The Morgan fingerprint density at radius 1 is 1.08 bits per heavy atom. The third-order valence-electron chi connectivity index (χ3n) is 4.72. The molecule has 0 fully saturated rings. The van der Waals surface area contributed by atoms with Crippen LogP contribution in [-0.2, 0) is 28.9 Å². The maximum Gasteiger partial charge on any atom is 0.244 e. The van der Waals surface area contributed by atoms with E-state index >= 15 is 0 Å². The van der Waals surface area contributed by atoms with Crippen LogP contribution >= 0.6 is 11.6 Å². The molecule has 0 saturated carbocycles. The lowest BCUT2D eigenvalue weighted by atomic mass is 9.90. The van der Waals surface area contributed by atoms with Crippen LogP contribution in [0.25, 0.3) is 0 Å². The molecule has 1 aliphatic carbocycles. The Hall–Kier alpha value is -2.33. The molecule has 26 heavy (non-hydrogen) atoms. The number of anilines is 1. The Bertz CT molecular complexity index is 819. The van der Waals surface area contributed by atoms with Crippen LogP contribution in [-0.4, -0.2) is 30.3 Å². The van der Waals surface area contributed by atoms with Crippen molar-refractivity contribution in [3.63, 3.8) is 0 Å². The number of halogens is 1. The number of hydrogen-bond donors (Lipinski definition) is 1. The zero-order chi connectivity index (χ0) is 18.5. The molecule has 0 aliphatic heterocycles. The van der Waals surface area contributed by atoms with Crippen LogP contribution in [0.2, 0.25) is 5.02 Å². The van der Waals surface area contributed by atoms with Gasteiger partial charge >= 0.3 is 0 Å². The lowest BCUT2D eigenvalue weighted by molar-refractivity contribution is -0.132. The van der Waals surface area contributed by atoms with E-state index < -0.39 is 0 Å². The minimum Gasteiger partial charge on any atom is -0.336 e. The molecular formula is C21H23ClN2O2. The fourth-order valence-corrected chi connectivity index (χ4v) is 3.45. The molecule has 1 N–H and O–H groups in total. The molecule has 136 valence electrons. The summed E-state index contributed by atoms with van der Waals surface area (Å²) in [7, 11) is 1.65. The predicted molar refractivity (Wildman–Crippen MR) is 105 cm³/mol. The normalized spacial score (nSPS) is 13.0. The van der Waals surface area contributed by atoms with Crippen molar-refractivity contribution in [2.75, 3.05) is 18.9 Å².